The maximum absolute atomic E-state index is 6.24. The fourth-order valence-electron chi connectivity index (χ4n) is 4.05. The Morgan fingerprint density at radius 3 is 2.58 bits per heavy atom. The van der Waals surface area contributed by atoms with Crippen molar-refractivity contribution in [2.75, 3.05) is 5.73 Å². The van der Waals surface area contributed by atoms with Gasteiger partial charge >= 0.3 is 0 Å². The van der Waals surface area contributed by atoms with Crippen LogP contribution in [0.15, 0.2) is 42.7 Å². The molecule has 0 saturated heterocycles. The molecule has 0 radical (unpaired) electrons. The topological polar surface area (TPSA) is 51.8 Å². The number of hydrogen-bond donors (Lipinski definition) is 1. The number of nitrogen functional groups attached to an aromatic ring is 1. The third-order valence-corrected chi connectivity index (χ3v) is 5.36. The van der Waals surface area contributed by atoms with Gasteiger partial charge in [-0.25, -0.2) is 9.97 Å². The highest BCUT2D eigenvalue weighted by molar-refractivity contribution is 5.84. The molecule has 0 spiro atoms. The fourth-order valence-corrected chi connectivity index (χ4v) is 4.05. The molecule has 2 aromatic carbocycles. The zero-order chi connectivity index (χ0) is 16.8. The van der Waals surface area contributed by atoms with E-state index in [0.717, 1.165) is 17.7 Å². The van der Waals surface area contributed by atoms with Crippen LogP contribution in [0.3, 0.4) is 0 Å². The summed E-state index contributed by atoms with van der Waals surface area (Å²) in [7, 11) is 0. The number of nitrogens with two attached hydrogens (primary N) is 1. The van der Waals surface area contributed by atoms with E-state index in [1.54, 1.807) is 6.33 Å². The van der Waals surface area contributed by atoms with Crippen LogP contribution in [0.4, 0.5) is 5.82 Å². The van der Waals surface area contributed by atoms with Crippen molar-refractivity contribution in [1.82, 2.24) is 9.97 Å². The van der Waals surface area contributed by atoms with Gasteiger partial charge in [0, 0.05) is 17.4 Å². The molecule has 0 amide bonds. The molecule has 1 aliphatic rings. The summed E-state index contributed by atoms with van der Waals surface area (Å²) < 4.78 is 0. The predicted octanol–water partition coefficient (Wildman–Crippen LogP) is 4.80. The standard InChI is InChI=1S/C21H23N3/c1-12(2)17-10-18(19-20(17)23-11-24-21(19)22)16-7-6-14-8-13(3)4-5-15(14)9-16/h4-9,11-12,17-18H,10H2,1-3H3,(H2,22,23,24). The van der Waals surface area contributed by atoms with E-state index >= 15 is 0 Å². The first-order valence-electron chi connectivity index (χ1n) is 8.65. The van der Waals surface area contributed by atoms with E-state index in [9.17, 15) is 0 Å². The van der Waals surface area contributed by atoms with E-state index < -0.39 is 0 Å². The number of hydrogen-bond acceptors (Lipinski definition) is 3. The summed E-state index contributed by atoms with van der Waals surface area (Å²) >= 11 is 0. The van der Waals surface area contributed by atoms with Gasteiger partial charge in [0.05, 0.1) is 5.69 Å². The quantitative estimate of drug-likeness (QED) is 0.739. The summed E-state index contributed by atoms with van der Waals surface area (Å²) in [6, 6.07) is 13.4. The number of benzene rings is 2. The lowest BCUT2D eigenvalue weighted by atomic mass is 9.88. The lowest BCUT2D eigenvalue weighted by molar-refractivity contribution is 0.474. The maximum Gasteiger partial charge on any atom is 0.130 e. The number of nitrogens with zero attached hydrogens (tertiary/aromatic N) is 2. The van der Waals surface area contributed by atoms with Gasteiger partial charge in [-0.1, -0.05) is 55.8 Å². The minimum absolute atomic E-state index is 0.291. The van der Waals surface area contributed by atoms with Gasteiger partial charge in [-0.15, -0.1) is 0 Å². The summed E-state index contributed by atoms with van der Waals surface area (Å²) in [5, 5.41) is 2.57. The van der Waals surface area contributed by atoms with Crippen molar-refractivity contribution in [3.63, 3.8) is 0 Å². The lowest BCUT2D eigenvalue weighted by Crippen LogP contribution is -2.06. The van der Waals surface area contributed by atoms with E-state index in [0.29, 0.717) is 23.6 Å². The molecule has 2 N–H and O–H groups in total. The molecule has 4 rings (SSSR count). The van der Waals surface area contributed by atoms with Crippen LogP contribution in [0.2, 0.25) is 0 Å². The maximum atomic E-state index is 6.24. The molecule has 0 aliphatic heterocycles. The molecule has 1 aromatic heterocycles. The average Bonchev–Trinajstić information content (AvgIpc) is 2.95. The van der Waals surface area contributed by atoms with Crippen LogP contribution in [0, 0.1) is 12.8 Å². The van der Waals surface area contributed by atoms with Crippen molar-refractivity contribution in [3.8, 4) is 0 Å². The zero-order valence-corrected chi connectivity index (χ0v) is 14.5. The smallest absolute Gasteiger partial charge is 0.130 e. The summed E-state index contributed by atoms with van der Waals surface area (Å²) in [6.07, 6.45) is 2.67. The van der Waals surface area contributed by atoms with Crippen molar-refractivity contribution in [2.24, 2.45) is 5.92 Å². The summed E-state index contributed by atoms with van der Waals surface area (Å²) in [4.78, 5) is 8.84. The molecular weight excluding hydrogens is 294 g/mol. The van der Waals surface area contributed by atoms with Gasteiger partial charge < -0.3 is 5.73 Å². The number of fused-ring (bicyclic) bond motifs is 2. The SMILES string of the molecule is Cc1ccc2cc(C3CC(C(C)C)c4ncnc(N)c43)ccc2c1. The van der Waals surface area contributed by atoms with Crippen molar-refractivity contribution in [2.45, 2.75) is 39.0 Å². The molecule has 122 valence electrons. The Hall–Kier alpha value is -2.42. The van der Waals surface area contributed by atoms with Crippen LogP contribution >= 0.6 is 0 Å². The minimum Gasteiger partial charge on any atom is -0.383 e. The summed E-state index contributed by atoms with van der Waals surface area (Å²) in [5.41, 5.74) is 11.1. The molecule has 1 heterocycles. The predicted molar refractivity (Wildman–Crippen MR) is 99.2 cm³/mol. The summed E-state index contributed by atoms with van der Waals surface area (Å²) in [5.74, 6) is 1.92. The number of anilines is 1. The highest BCUT2D eigenvalue weighted by atomic mass is 14.9. The zero-order valence-electron chi connectivity index (χ0n) is 14.5. The van der Waals surface area contributed by atoms with Gasteiger partial charge in [0.15, 0.2) is 0 Å². The molecule has 0 bridgehead atoms. The van der Waals surface area contributed by atoms with E-state index in [2.05, 4.69) is 67.1 Å². The van der Waals surface area contributed by atoms with Gasteiger partial charge in [-0.2, -0.15) is 0 Å². The van der Waals surface area contributed by atoms with E-state index in [-0.39, 0.29) is 0 Å². The van der Waals surface area contributed by atoms with Gasteiger partial charge in [0.25, 0.3) is 0 Å². The molecule has 0 saturated carbocycles. The van der Waals surface area contributed by atoms with E-state index in [1.807, 2.05) is 0 Å². The highest BCUT2D eigenvalue weighted by Crippen LogP contribution is 2.49. The second kappa shape index (κ2) is 5.59. The number of aromatic nitrogens is 2. The van der Waals surface area contributed by atoms with Gasteiger partial charge in [-0.3, -0.25) is 0 Å². The molecular formula is C21H23N3. The van der Waals surface area contributed by atoms with Gasteiger partial charge in [-0.05, 0) is 35.6 Å². The van der Waals surface area contributed by atoms with Crippen molar-refractivity contribution >= 4 is 16.6 Å². The molecule has 2 atom stereocenters. The Kier molecular flexibility index (Phi) is 3.52. The Morgan fingerprint density at radius 2 is 1.79 bits per heavy atom. The Labute approximate surface area is 142 Å². The largest absolute Gasteiger partial charge is 0.383 e. The minimum atomic E-state index is 0.291. The Balaban J connectivity index is 1.84. The van der Waals surface area contributed by atoms with E-state index in [4.69, 9.17) is 5.73 Å². The fraction of sp³-hybridized carbons (Fsp3) is 0.333. The van der Waals surface area contributed by atoms with Crippen molar-refractivity contribution < 1.29 is 0 Å². The normalized spacial score (nSPS) is 19.8. The van der Waals surface area contributed by atoms with Gasteiger partial charge in [0.1, 0.15) is 12.1 Å². The van der Waals surface area contributed by atoms with Crippen molar-refractivity contribution in [3.05, 3.63) is 65.1 Å². The first kappa shape index (κ1) is 15.1. The van der Waals surface area contributed by atoms with Gasteiger partial charge in [0.2, 0.25) is 0 Å². The molecule has 24 heavy (non-hydrogen) atoms. The lowest BCUT2D eigenvalue weighted by Gasteiger charge is -2.16. The Bertz CT molecular complexity index is 914. The number of rotatable bonds is 2. The van der Waals surface area contributed by atoms with Crippen LogP contribution in [-0.2, 0) is 0 Å². The highest BCUT2D eigenvalue weighted by Gasteiger charge is 2.36. The average molecular weight is 317 g/mol. The monoisotopic (exact) mass is 317 g/mol. The molecule has 2 unspecified atom stereocenters. The van der Waals surface area contributed by atoms with Crippen LogP contribution in [0.25, 0.3) is 10.8 Å². The molecule has 0 fully saturated rings. The van der Waals surface area contributed by atoms with Crippen LogP contribution in [0.1, 0.15) is 54.5 Å². The first-order valence-corrected chi connectivity index (χ1v) is 8.65. The number of aryl methyl sites for hydroxylation is 1. The second-order valence-corrected chi connectivity index (χ2v) is 7.31. The molecule has 3 nitrogen and oxygen atoms in total. The van der Waals surface area contributed by atoms with Crippen molar-refractivity contribution in [1.29, 1.82) is 0 Å². The molecule has 3 heteroatoms. The first-order chi connectivity index (χ1) is 11.5. The van der Waals surface area contributed by atoms with Crippen LogP contribution < -0.4 is 5.73 Å². The Morgan fingerprint density at radius 1 is 1.04 bits per heavy atom. The second-order valence-electron chi connectivity index (χ2n) is 7.31. The third kappa shape index (κ3) is 2.35. The molecule has 3 aromatic rings. The summed E-state index contributed by atoms with van der Waals surface area (Å²) in [6.45, 7) is 6.66. The van der Waals surface area contributed by atoms with E-state index in [1.165, 1.54) is 21.9 Å². The van der Waals surface area contributed by atoms with Crippen LogP contribution in [0.5, 0.6) is 0 Å². The third-order valence-electron chi connectivity index (χ3n) is 5.36. The molecule has 1 aliphatic carbocycles. The van der Waals surface area contributed by atoms with Crippen LogP contribution in [-0.4, -0.2) is 9.97 Å².